The molecule has 0 bridgehead atoms. The number of rotatable bonds is 8. The number of carbonyl (C=O) groups excluding carboxylic acids is 1. The molecule has 5 nitrogen and oxygen atoms in total. The standard InChI is InChI=1S/C13H20N2O3/c1-17-5-6-18-10-13(16)15-9-12-4-2-3-11(7-12)8-14/h2-4,7H,5-6,8-10,14H2,1H3,(H,15,16). The van der Waals surface area contributed by atoms with Gasteiger partial charge in [0, 0.05) is 20.2 Å². The number of amides is 1. The van der Waals surface area contributed by atoms with Crippen molar-refractivity contribution < 1.29 is 14.3 Å². The molecule has 100 valence electrons. The summed E-state index contributed by atoms with van der Waals surface area (Å²) in [7, 11) is 1.59. The summed E-state index contributed by atoms with van der Waals surface area (Å²) in [5.41, 5.74) is 7.63. The highest BCUT2D eigenvalue weighted by molar-refractivity contribution is 5.77. The van der Waals surface area contributed by atoms with Crippen LogP contribution >= 0.6 is 0 Å². The summed E-state index contributed by atoms with van der Waals surface area (Å²) in [4.78, 5) is 11.4. The van der Waals surface area contributed by atoms with Gasteiger partial charge >= 0.3 is 0 Å². The van der Waals surface area contributed by atoms with Crippen molar-refractivity contribution in [3.8, 4) is 0 Å². The predicted molar refractivity (Wildman–Crippen MR) is 68.9 cm³/mol. The van der Waals surface area contributed by atoms with Gasteiger partial charge in [0.15, 0.2) is 0 Å². The second-order valence-electron chi connectivity index (χ2n) is 3.85. The summed E-state index contributed by atoms with van der Waals surface area (Å²) >= 11 is 0. The molecule has 0 aromatic heterocycles. The second-order valence-corrected chi connectivity index (χ2v) is 3.85. The first-order valence-corrected chi connectivity index (χ1v) is 5.87. The molecule has 0 saturated heterocycles. The molecule has 1 amide bonds. The first-order chi connectivity index (χ1) is 8.76. The highest BCUT2D eigenvalue weighted by atomic mass is 16.5. The lowest BCUT2D eigenvalue weighted by atomic mass is 10.1. The van der Waals surface area contributed by atoms with Crippen molar-refractivity contribution in [3.63, 3.8) is 0 Å². The van der Waals surface area contributed by atoms with Gasteiger partial charge in [0.05, 0.1) is 13.2 Å². The molecular formula is C13H20N2O3. The normalized spacial score (nSPS) is 10.3. The Kier molecular flexibility index (Phi) is 7.01. The van der Waals surface area contributed by atoms with E-state index in [4.69, 9.17) is 15.2 Å². The molecule has 5 heteroatoms. The summed E-state index contributed by atoms with van der Waals surface area (Å²) in [5, 5.41) is 2.78. The maximum atomic E-state index is 11.4. The zero-order valence-corrected chi connectivity index (χ0v) is 10.6. The fraction of sp³-hybridized carbons (Fsp3) is 0.462. The van der Waals surface area contributed by atoms with E-state index in [9.17, 15) is 4.79 Å². The Morgan fingerprint density at radius 3 is 2.83 bits per heavy atom. The monoisotopic (exact) mass is 252 g/mol. The van der Waals surface area contributed by atoms with E-state index in [1.165, 1.54) is 0 Å². The maximum absolute atomic E-state index is 11.4. The van der Waals surface area contributed by atoms with Crippen molar-refractivity contribution in [1.82, 2.24) is 5.32 Å². The molecule has 0 heterocycles. The molecule has 0 saturated carbocycles. The van der Waals surface area contributed by atoms with E-state index in [-0.39, 0.29) is 12.5 Å². The van der Waals surface area contributed by atoms with E-state index < -0.39 is 0 Å². The molecule has 0 fully saturated rings. The minimum atomic E-state index is -0.135. The molecule has 1 aromatic rings. The predicted octanol–water partition coefficient (Wildman–Crippen LogP) is 0.425. The minimum absolute atomic E-state index is 0.0555. The highest BCUT2D eigenvalue weighted by Gasteiger charge is 2.01. The van der Waals surface area contributed by atoms with Gasteiger partial charge in [-0.05, 0) is 11.1 Å². The second kappa shape index (κ2) is 8.63. The number of hydrogen-bond acceptors (Lipinski definition) is 4. The van der Waals surface area contributed by atoms with E-state index in [0.29, 0.717) is 26.3 Å². The van der Waals surface area contributed by atoms with Gasteiger partial charge in [-0.25, -0.2) is 0 Å². The van der Waals surface area contributed by atoms with E-state index in [2.05, 4.69) is 5.32 Å². The van der Waals surface area contributed by atoms with Crippen molar-refractivity contribution in [2.45, 2.75) is 13.1 Å². The molecule has 0 atom stereocenters. The third-order valence-corrected chi connectivity index (χ3v) is 2.38. The topological polar surface area (TPSA) is 73.6 Å². The Hall–Kier alpha value is -1.43. The molecule has 3 N–H and O–H groups in total. The van der Waals surface area contributed by atoms with Crippen LogP contribution in [0, 0.1) is 0 Å². The number of nitrogens with one attached hydrogen (secondary N) is 1. The lowest BCUT2D eigenvalue weighted by Crippen LogP contribution is -2.27. The van der Waals surface area contributed by atoms with Crippen LogP contribution in [0.25, 0.3) is 0 Å². The van der Waals surface area contributed by atoms with Crippen molar-refractivity contribution in [3.05, 3.63) is 35.4 Å². The van der Waals surface area contributed by atoms with Crippen LogP contribution in [0.5, 0.6) is 0 Å². The van der Waals surface area contributed by atoms with Crippen LogP contribution < -0.4 is 11.1 Å². The van der Waals surface area contributed by atoms with Crippen LogP contribution in [0.3, 0.4) is 0 Å². The van der Waals surface area contributed by atoms with E-state index in [1.807, 2.05) is 24.3 Å². The molecule has 1 rings (SSSR count). The van der Waals surface area contributed by atoms with Crippen molar-refractivity contribution >= 4 is 5.91 Å². The Morgan fingerprint density at radius 1 is 1.33 bits per heavy atom. The van der Waals surface area contributed by atoms with E-state index >= 15 is 0 Å². The van der Waals surface area contributed by atoms with Crippen molar-refractivity contribution in [2.24, 2.45) is 5.73 Å². The fourth-order valence-electron chi connectivity index (χ4n) is 1.43. The fourth-order valence-corrected chi connectivity index (χ4v) is 1.43. The first-order valence-electron chi connectivity index (χ1n) is 5.87. The van der Waals surface area contributed by atoms with E-state index in [1.54, 1.807) is 7.11 Å². The van der Waals surface area contributed by atoms with Crippen LogP contribution in [-0.2, 0) is 27.4 Å². The lowest BCUT2D eigenvalue weighted by Gasteiger charge is -2.07. The number of methoxy groups -OCH3 is 1. The van der Waals surface area contributed by atoms with Gasteiger partial charge in [0.2, 0.25) is 5.91 Å². The zero-order valence-electron chi connectivity index (χ0n) is 10.6. The van der Waals surface area contributed by atoms with Crippen molar-refractivity contribution in [1.29, 1.82) is 0 Å². The molecule has 0 aliphatic carbocycles. The first kappa shape index (κ1) is 14.6. The maximum Gasteiger partial charge on any atom is 0.246 e. The molecule has 0 unspecified atom stereocenters. The van der Waals surface area contributed by atoms with Gasteiger partial charge in [0.25, 0.3) is 0 Å². The molecule has 0 spiro atoms. The average Bonchev–Trinajstić information content (AvgIpc) is 2.41. The van der Waals surface area contributed by atoms with Crippen LogP contribution in [0.1, 0.15) is 11.1 Å². The van der Waals surface area contributed by atoms with Crippen LogP contribution in [0.4, 0.5) is 0 Å². The number of carbonyl (C=O) groups is 1. The van der Waals surface area contributed by atoms with Gasteiger partial charge in [0.1, 0.15) is 6.61 Å². The largest absolute Gasteiger partial charge is 0.382 e. The molecule has 0 radical (unpaired) electrons. The minimum Gasteiger partial charge on any atom is -0.382 e. The van der Waals surface area contributed by atoms with Gasteiger partial charge in [-0.15, -0.1) is 0 Å². The number of benzene rings is 1. The van der Waals surface area contributed by atoms with Gasteiger partial charge in [-0.2, -0.15) is 0 Å². The molecular weight excluding hydrogens is 232 g/mol. The lowest BCUT2D eigenvalue weighted by molar-refractivity contribution is -0.126. The zero-order chi connectivity index (χ0) is 13.2. The summed E-state index contributed by atoms with van der Waals surface area (Å²) in [5.74, 6) is -0.135. The van der Waals surface area contributed by atoms with Crippen LogP contribution in [-0.4, -0.2) is 32.8 Å². The number of hydrogen-bond donors (Lipinski definition) is 2. The van der Waals surface area contributed by atoms with Crippen LogP contribution in [0.2, 0.25) is 0 Å². The molecule has 0 aliphatic rings. The Labute approximate surface area is 107 Å². The smallest absolute Gasteiger partial charge is 0.246 e. The van der Waals surface area contributed by atoms with Gasteiger partial charge in [-0.3, -0.25) is 4.79 Å². The number of nitrogens with two attached hydrogens (primary N) is 1. The molecule has 0 aliphatic heterocycles. The average molecular weight is 252 g/mol. The highest BCUT2D eigenvalue weighted by Crippen LogP contribution is 2.03. The Bertz CT molecular complexity index is 369. The molecule has 1 aromatic carbocycles. The van der Waals surface area contributed by atoms with Crippen molar-refractivity contribution in [2.75, 3.05) is 26.9 Å². The Morgan fingerprint density at radius 2 is 2.11 bits per heavy atom. The quantitative estimate of drug-likeness (QED) is 0.658. The number of ether oxygens (including phenoxy) is 2. The summed E-state index contributed by atoms with van der Waals surface area (Å²) in [6, 6.07) is 7.81. The summed E-state index contributed by atoms with van der Waals surface area (Å²) in [6.07, 6.45) is 0. The van der Waals surface area contributed by atoms with Gasteiger partial charge < -0.3 is 20.5 Å². The van der Waals surface area contributed by atoms with E-state index in [0.717, 1.165) is 11.1 Å². The third-order valence-electron chi connectivity index (χ3n) is 2.38. The SMILES string of the molecule is COCCOCC(=O)NCc1cccc(CN)c1. The molecule has 18 heavy (non-hydrogen) atoms. The summed E-state index contributed by atoms with van der Waals surface area (Å²) in [6.45, 7) is 1.96. The van der Waals surface area contributed by atoms with Gasteiger partial charge in [-0.1, -0.05) is 24.3 Å². The summed E-state index contributed by atoms with van der Waals surface area (Å²) < 4.78 is 9.92. The third kappa shape index (κ3) is 5.77. The Balaban J connectivity index is 2.24. The van der Waals surface area contributed by atoms with Crippen LogP contribution in [0.15, 0.2) is 24.3 Å².